The van der Waals surface area contributed by atoms with Gasteiger partial charge in [-0.2, -0.15) is 0 Å². The Labute approximate surface area is 120 Å². The van der Waals surface area contributed by atoms with Crippen molar-refractivity contribution in [3.63, 3.8) is 0 Å². The molecule has 0 unspecified atom stereocenters. The van der Waals surface area contributed by atoms with Gasteiger partial charge in [-0.25, -0.2) is 0 Å². The Balaban J connectivity index is 2.07. The van der Waals surface area contributed by atoms with Gasteiger partial charge in [-0.1, -0.05) is 48.5 Å². The molecule has 0 aromatic heterocycles. The molecule has 0 bridgehead atoms. The van der Waals surface area contributed by atoms with Crippen molar-refractivity contribution in [1.82, 2.24) is 4.90 Å². The van der Waals surface area contributed by atoms with Gasteiger partial charge in [-0.3, -0.25) is 4.90 Å². The zero-order valence-electron chi connectivity index (χ0n) is 12.3. The maximum Gasteiger partial charge on any atom is 0.0718 e. The predicted molar refractivity (Wildman–Crippen MR) is 82.6 cm³/mol. The summed E-state index contributed by atoms with van der Waals surface area (Å²) in [4.78, 5) is 2.24. The molecule has 0 aliphatic heterocycles. The van der Waals surface area contributed by atoms with E-state index in [4.69, 9.17) is 0 Å². The minimum atomic E-state index is -0.693. The van der Waals surface area contributed by atoms with Crippen molar-refractivity contribution >= 4 is 0 Å². The minimum Gasteiger partial charge on any atom is -0.389 e. The van der Waals surface area contributed by atoms with Crippen molar-refractivity contribution in [3.8, 4) is 11.1 Å². The summed E-state index contributed by atoms with van der Waals surface area (Å²) >= 11 is 0. The van der Waals surface area contributed by atoms with Crippen LogP contribution in [0, 0.1) is 0 Å². The highest BCUT2D eigenvalue weighted by molar-refractivity contribution is 5.78. The van der Waals surface area contributed by atoms with Gasteiger partial charge in [0.2, 0.25) is 0 Å². The van der Waals surface area contributed by atoms with Crippen LogP contribution in [0.2, 0.25) is 0 Å². The van der Waals surface area contributed by atoms with E-state index >= 15 is 0 Å². The fraction of sp³-hybridized carbons (Fsp3) is 0.333. The molecule has 0 radical (unpaired) electrons. The molecule has 1 N–H and O–H groups in total. The van der Waals surface area contributed by atoms with Gasteiger partial charge in [0.15, 0.2) is 0 Å². The second kappa shape index (κ2) is 4.72. The Bertz CT molecular complexity index is 582. The van der Waals surface area contributed by atoms with Crippen LogP contribution in [0.25, 0.3) is 11.1 Å². The first-order chi connectivity index (χ1) is 9.47. The summed E-state index contributed by atoms with van der Waals surface area (Å²) in [5, 5.41) is 10.1. The average Bonchev–Trinajstić information content (AvgIpc) is 2.71. The summed E-state index contributed by atoms with van der Waals surface area (Å²) in [5.41, 5.74) is 4.61. The Morgan fingerprint density at radius 2 is 1.40 bits per heavy atom. The second-order valence-corrected chi connectivity index (χ2v) is 6.30. The zero-order chi connectivity index (χ0) is 14.3. The molecule has 104 valence electrons. The standard InChI is InChI=1S/C18H21NO/c1-18(2,20)12-19(3)17-15-10-6-4-8-13(15)14-9-5-7-11-16(14)17/h4-11,17,20H,12H2,1-3H3. The number of likely N-dealkylation sites (N-methyl/N-ethyl adjacent to an activating group) is 1. The molecule has 0 fully saturated rings. The molecule has 1 aliphatic carbocycles. The van der Waals surface area contributed by atoms with Crippen LogP contribution in [0.15, 0.2) is 48.5 Å². The highest BCUT2D eigenvalue weighted by Crippen LogP contribution is 2.45. The quantitative estimate of drug-likeness (QED) is 0.920. The van der Waals surface area contributed by atoms with E-state index in [0.29, 0.717) is 6.54 Å². The molecule has 2 heteroatoms. The van der Waals surface area contributed by atoms with Gasteiger partial charge in [0, 0.05) is 6.54 Å². The van der Waals surface area contributed by atoms with Crippen LogP contribution in [0.5, 0.6) is 0 Å². The maximum atomic E-state index is 10.1. The van der Waals surface area contributed by atoms with E-state index in [9.17, 15) is 5.11 Å². The lowest BCUT2D eigenvalue weighted by Gasteiger charge is -2.31. The molecule has 20 heavy (non-hydrogen) atoms. The van der Waals surface area contributed by atoms with E-state index in [0.717, 1.165) is 0 Å². The van der Waals surface area contributed by atoms with Gasteiger partial charge in [0.05, 0.1) is 11.6 Å². The first-order valence-electron chi connectivity index (χ1n) is 7.08. The van der Waals surface area contributed by atoms with Crippen LogP contribution >= 0.6 is 0 Å². The molecular weight excluding hydrogens is 246 g/mol. The van der Waals surface area contributed by atoms with E-state index in [1.165, 1.54) is 22.3 Å². The van der Waals surface area contributed by atoms with Gasteiger partial charge < -0.3 is 5.11 Å². The van der Waals surface area contributed by atoms with Gasteiger partial charge >= 0.3 is 0 Å². The third-order valence-corrected chi connectivity index (χ3v) is 3.88. The molecular formula is C18H21NO. The van der Waals surface area contributed by atoms with Crippen molar-refractivity contribution in [2.24, 2.45) is 0 Å². The molecule has 0 saturated heterocycles. The number of hydrogen-bond acceptors (Lipinski definition) is 2. The summed E-state index contributed by atoms with van der Waals surface area (Å²) in [6.07, 6.45) is 0. The lowest BCUT2D eigenvalue weighted by atomic mass is 10.0. The monoisotopic (exact) mass is 267 g/mol. The molecule has 2 nitrogen and oxygen atoms in total. The normalized spacial score (nSPS) is 14.4. The van der Waals surface area contributed by atoms with Crippen LogP contribution in [-0.2, 0) is 0 Å². The molecule has 0 atom stereocenters. The van der Waals surface area contributed by atoms with Crippen molar-refractivity contribution in [2.45, 2.75) is 25.5 Å². The third kappa shape index (κ3) is 2.26. The lowest BCUT2D eigenvalue weighted by Crippen LogP contribution is -2.38. The van der Waals surface area contributed by atoms with Crippen LogP contribution in [0.3, 0.4) is 0 Å². The lowest BCUT2D eigenvalue weighted by molar-refractivity contribution is 0.0365. The fourth-order valence-corrected chi connectivity index (χ4v) is 3.31. The van der Waals surface area contributed by atoms with E-state index in [2.05, 4.69) is 60.5 Å². The molecule has 0 saturated carbocycles. The number of benzene rings is 2. The van der Waals surface area contributed by atoms with E-state index < -0.39 is 5.60 Å². The number of rotatable bonds is 3. The molecule has 0 spiro atoms. The Hall–Kier alpha value is -1.64. The maximum absolute atomic E-state index is 10.1. The van der Waals surface area contributed by atoms with Gasteiger partial charge in [0.1, 0.15) is 0 Å². The van der Waals surface area contributed by atoms with Crippen LogP contribution in [0.4, 0.5) is 0 Å². The zero-order valence-corrected chi connectivity index (χ0v) is 12.3. The molecule has 2 aromatic rings. The van der Waals surface area contributed by atoms with Crippen molar-refractivity contribution < 1.29 is 5.11 Å². The van der Waals surface area contributed by atoms with Crippen molar-refractivity contribution in [2.75, 3.05) is 13.6 Å². The van der Waals surface area contributed by atoms with Crippen molar-refractivity contribution in [3.05, 3.63) is 59.7 Å². The summed E-state index contributed by atoms with van der Waals surface area (Å²) in [6, 6.07) is 17.4. The van der Waals surface area contributed by atoms with Crippen LogP contribution in [-0.4, -0.2) is 29.2 Å². The Morgan fingerprint density at radius 3 is 1.85 bits per heavy atom. The molecule has 0 heterocycles. The van der Waals surface area contributed by atoms with Gasteiger partial charge in [-0.05, 0) is 43.1 Å². The van der Waals surface area contributed by atoms with Crippen LogP contribution in [0.1, 0.15) is 31.0 Å². The summed E-state index contributed by atoms with van der Waals surface area (Å²) < 4.78 is 0. The summed E-state index contributed by atoms with van der Waals surface area (Å²) in [7, 11) is 2.08. The van der Waals surface area contributed by atoms with Gasteiger partial charge in [0.25, 0.3) is 0 Å². The number of nitrogens with zero attached hydrogens (tertiary/aromatic N) is 1. The largest absolute Gasteiger partial charge is 0.389 e. The highest BCUT2D eigenvalue weighted by atomic mass is 16.3. The highest BCUT2D eigenvalue weighted by Gasteiger charge is 2.32. The topological polar surface area (TPSA) is 23.5 Å². The summed E-state index contributed by atoms with van der Waals surface area (Å²) in [5.74, 6) is 0. The van der Waals surface area contributed by atoms with E-state index in [1.54, 1.807) is 0 Å². The van der Waals surface area contributed by atoms with Crippen LogP contribution < -0.4 is 0 Å². The minimum absolute atomic E-state index is 0.230. The number of hydrogen-bond donors (Lipinski definition) is 1. The second-order valence-electron chi connectivity index (χ2n) is 6.30. The predicted octanol–water partition coefficient (Wildman–Crippen LogP) is 3.46. The SMILES string of the molecule is CN(CC(C)(C)O)C1c2ccccc2-c2ccccc21. The number of aliphatic hydroxyl groups is 1. The Morgan fingerprint density at radius 1 is 0.950 bits per heavy atom. The Kier molecular flexibility index (Phi) is 3.15. The molecule has 0 amide bonds. The molecule has 3 rings (SSSR count). The fourth-order valence-electron chi connectivity index (χ4n) is 3.31. The third-order valence-electron chi connectivity index (χ3n) is 3.88. The van der Waals surface area contributed by atoms with Crippen molar-refractivity contribution in [1.29, 1.82) is 0 Å². The first-order valence-corrected chi connectivity index (χ1v) is 7.08. The van der Waals surface area contributed by atoms with Gasteiger partial charge in [-0.15, -0.1) is 0 Å². The number of fused-ring (bicyclic) bond motifs is 3. The summed E-state index contributed by atoms with van der Waals surface area (Å²) in [6.45, 7) is 4.35. The molecule has 2 aromatic carbocycles. The van der Waals surface area contributed by atoms with E-state index in [1.807, 2.05) is 13.8 Å². The smallest absolute Gasteiger partial charge is 0.0718 e. The first kappa shape index (κ1) is 13.3. The molecule has 1 aliphatic rings. The average molecular weight is 267 g/mol. The van der Waals surface area contributed by atoms with E-state index in [-0.39, 0.29) is 6.04 Å².